The highest BCUT2D eigenvalue weighted by atomic mass is 35.5. The second kappa shape index (κ2) is 5.08. The summed E-state index contributed by atoms with van der Waals surface area (Å²) in [7, 11) is 0. The molecule has 1 saturated heterocycles. The molecule has 0 bridgehead atoms. The van der Waals surface area contributed by atoms with Crippen molar-refractivity contribution in [1.29, 1.82) is 0 Å². The molecule has 0 spiro atoms. The molecule has 1 N–H and O–H groups in total. The Labute approximate surface area is 116 Å². The molecule has 0 atom stereocenters. The number of rotatable bonds is 3. The highest BCUT2D eigenvalue weighted by molar-refractivity contribution is 6.35. The standard InChI is InChI=1S/C13H15Cl2NO2/c1-2-5-13(18)7-16(8-13)12(17)10-6-9(14)3-4-11(10)15/h3-4,6,18H,2,5,7-8H2,1H3. The Bertz CT molecular complexity index is 470. The first-order chi connectivity index (χ1) is 8.45. The number of hydrogen-bond acceptors (Lipinski definition) is 2. The van der Waals surface area contributed by atoms with Gasteiger partial charge in [-0.3, -0.25) is 4.79 Å². The first kappa shape index (κ1) is 13.7. The largest absolute Gasteiger partial charge is 0.386 e. The monoisotopic (exact) mass is 287 g/mol. The van der Waals surface area contributed by atoms with E-state index in [1.54, 1.807) is 23.1 Å². The minimum absolute atomic E-state index is 0.178. The summed E-state index contributed by atoms with van der Waals surface area (Å²) in [4.78, 5) is 13.8. The molecule has 0 saturated carbocycles. The molecule has 18 heavy (non-hydrogen) atoms. The van der Waals surface area contributed by atoms with E-state index in [-0.39, 0.29) is 5.91 Å². The zero-order valence-corrected chi connectivity index (χ0v) is 11.6. The van der Waals surface area contributed by atoms with Crippen molar-refractivity contribution in [2.24, 2.45) is 0 Å². The van der Waals surface area contributed by atoms with Crippen molar-refractivity contribution in [2.45, 2.75) is 25.4 Å². The van der Waals surface area contributed by atoms with Crippen LogP contribution in [0.5, 0.6) is 0 Å². The molecular formula is C13H15Cl2NO2. The molecule has 1 aromatic rings. The van der Waals surface area contributed by atoms with Crippen LogP contribution in [-0.2, 0) is 0 Å². The van der Waals surface area contributed by atoms with E-state index in [1.165, 1.54) is 0 Å². The van der Waals surface area contributed by atoms with Gasteiger partial charge in [-0.05, 0) is 24.6 Å². The summed E-state index contributed by atoms with van der Waals surface area (Å²) in [6, 6.07) is 4.81. The van der Waals surface area contributed by atoms with E-state index in [0.717, 1.165) is 6.42 Å². The molecule has 5 heteroatoms. The summed E-state index contributed by atoms with van der Waals surface area (Å²) in [5.41, 5.74) is -0.335. The number of nitrogens with zero attached hydrogens (tertiary/aromatic N) is 1. The van der Waals surface area contributed by atoms with Crippen LogP contribution in [0.1, 0.15) is 30.1 Å². The van der Waals surface area contributed by atoms with Crippen molar-refractivity contribution in [2.75, 3.05) is 13.1 Å². The van der Waals surface area contributed by atoms with Gasteiger partial charge in [0.15, 0.2) is 0 Å². The second-order valence-electron chi connectivity index (χ2n) is 4.76. The number of likely N-dealkylation sites (tertiary alicyclic amines) is 1. The van der Waals surface area contributed by atoms with Gasteiger partial charge in [0.25, 0.3) is 5.91 Å². The molecule has 3 nitrogen and oxygen atoms in total. The molecular weight excluding hydrogens is 273 g/mol. The topological polar surface area (TPSA) is 40.5 Å². The van der Waals surface area contributed by atoms with E-state index in [9.17, 15) is 9.90 Å². The summed E-state index contributed by atoms with van der Waals surface area (Å²) in [6.07, 6.45) is 1.61. The summed E-state index contributed by atoms with van der Waals surface area (Å²) < 4.78 is 0. The minimum atomic E-state index is -0.727. The van der Waals surface area contributed by atoms with Gasteiger partial charge in [0.05, 0.1) is 29.3 Å². The van der Waals surface area contributed by atoms with Crippen LogP contribution in [0.2, 0.25) is 10.0 Å². The Morgan fingerprint density at radius 3 is 2.72 bits per heavy atom. The van der Waals surface area contributed by atoms with Crippen molar-refractivity contribution in [1.82, 2.24) is 4.90 Å². The van der Waals surface area contributed by atoms with E-state index < -0.39 is 5.60 Å². The molecule has 1 heterocycles. The van der Waals surface area contributed by atoms with E-state index >= 15 is 0 Å². The average molecular weight is 288 g/mol. The van der Waals surface area contributed by atoms with Gasteiger partial charge in [0, 0.05) is 5.02 Å². The van der Waals surface area contributed by atoms with E-state index in [0.29, 0.717) is 35.1 Å². The normalized spacial score (nSPS) is 17.4. The van der Waals surface area contributed by atoms with Crippen molar-refractivity contribution >= 4 is 29.1 Å². The number of β-amino-alcohol motifs (C(OH)–C–C–N with tert-alkyl or cyclic N) is 1. The molecule has 1 aromatic carbocycles. The lowest BCUT2D eigenvalue weighted by Crippen LogP contribution is -2.63. The minimum Gasteiger partial charge on any atom is -0.386 e. The van der Waals surface area contributed by atoms with Crippen LogP contribution in [0.15, 0.2) is 18.2 Å². The Hall–Kier alpha value is -0.770. The van der Waals surface area contributed by atoms with Crippen molar-refractivity contribution in [3.8, 4) is 0 Å². The van der Waals surface area contributed by atoms with Gasteiger partial charge in [0.1, 0.15) is 0 Å². The summed E-state index contributed by atoms with van der Waals surface area (Å²) in [5.74, 6) is -0.178. The van der Waals surface area contributed by atoms with Crippen LogP contribution in [0.25, 0.3) is 0 Å². The fourth-order valence-electron chi connectivity index (χ4n) is 2.26. The predicted molar refractivity (Wildman–Crippen MR) is 72.2 cm³/mol. The fraction of sp³-hybridized carbons (Fsp3) is 0.462. The van der Waals surface area contributed by atoms with Gasteiger partial charge in [0.2, 0.25) is 0 Å². The molecule has 0 unspecified atom stereocenters. The summed E-state index contributed by atoms with van der Waals surface area (Å²) in [6.45, 7) is 2.74. The maximum atomic E-state index is 12.2. The second-order valence-corrected chi connectivity index (χ2v) is 5.60. The molecule has 1 amide bonds. The zero-order chi connectivity index (χ0) is 13.3. The number of hydrogen-bond donors (Lipinski definition) is 1. The Morgan fingerprint density at radius 1 is 1.44 bits per heavy atom. The number of carbonyl (C=O) groups is 1. The first-order valence-corrected chi connectivity index (χ1v) is 6.67. The van der Waals surface area contributed by atoms with E-state index in [4.69, 9.17) is 23.2 Å². The highest BCUT2D eigenvalue weighted by Crippen LogP contribution is 2.29. The Balaban J connectivity index is 2.08. The van der Waals surface area contributed by atoms with Crippen molar-refractivity contribution in [3.63, 3.8) is 0 Å². The third kappa shape index (κ3) is 2.63. The molecule has 0 radical (unpaired) electrons. The van der Waals surface area contributed by atoms with Gasteiger partial charge in [-0.1, -0.05) is 36.5 Å². The maximum absolute atomic E-state index is 12.2. The SMILES string of the molecule is CCCC1(O)CN(C(=O)c2cc(Cl)ccc2Cl)C1. The quantitative estimate of drug-likeness (QED) is 0.929. The lowest BCUT2D eigenvalue weighted by Gasteiger charge is -2.46. The third-order valence-corrected chi connectivity index (χ3v) is 3.70. The average Bonchev–Trinajstić information content (AvgIpc) is 2.28. The number of aliphatic hydroxyl groups is 1. The predicted octanol–water partition coefficient (Wildman–Crippen LogP) is 2.98. The van der Waals surface area contributed by atoms with E-state index in [1.807, 2.05) is 6.92 Å². The number of benzene rings is 1. The van der Waals surface area contributed by atoms with Gasteiger partial charge in [-0.25, -0.2) is 0 Å². The molecule has 1 aliphatic rings. The van der Waals surface area contributed by atoms with Crippen LogP contribution in [-0.4, -0.2) is 34.6 Å². The van der Waals surface area contributed by atoms with Crippen molar-refractivity contribution < 1.29 is 9.90 Å². The van der Waals surface area contributed by atoms with Crippen LogP contribution in [0.4, 0.5) is 0 Å². The molecule has 0 aromatic heterocycles. The summed E-state index contributed by atoms with van der Waals surface area (Å²) >= 11 is 11.8. The third-order valence-electron chi connectivity index (χ3n) is 3.13. The maximum Gasteiger partial charge on any atom is 0.255 e. The van der Waals surface area contributed by atoms with Gasteiger partial charge >= 0.3 is 0 Å². The van der Waals surface area contributed by atoms with Gasteiger partial charge in [-0.15, -0.1) is 0 Å². The molecule has 98 valence electrons. The Kier molecular flexibility index (Phi) is 3.85. The molecule has 2 rings (SSSR count). The number of halogens is 2. The number of carbonyl (C=O) groups excluding carboxylic acids is 1. The van der Waals surface area contributed by atoms with Crippen LogP contribution in [0, 0.1) is 0 Å². The van der Waals surface area contributed by atoms with Gasteiger partial charge in [-0.2, -0.15) is 0 Å². The van der Waals surface area contributed by atoms with Crippen LogP contribution >= 0.6 is 23.2 Å². The first-order valence-electron chi connectivity index (χ1n) is 5.92. The lowest BCUT2D eigenvalue weighted by molar-refractivity contribution is -0.0860. The molecule has 0 aliphatic carbocycles. The van der Waals surface area contributed by atoms with Crippen LogP contribution < -0.4 is 0 Å². The smallest absolute Gasteiger partial charge is 0.255 e. The van der Waals surface area contributed by atoms with Gasteiger partial charge < -0.3 is 10.0 Å². The lowest BCUT2D eigenvalue weighted by atomic mass is 9.89. The van der Waals surface area contributed by atoms with Crippen LogP contribution in [0.3, 0.4) is 0 Å². The molecule has 1 fully saturated rings. The van der Waals surface area contributed by atoms with E-state index in [2.05, 4.69) is 0 Å². The molecule has 1 aliphatic heterocycles. The Morgan fingerprint density at radius 2 is 2.11 bits per heavy atom. The van der Waals surface area contributed by atoms with Crippen molar-refractivity contribution in [3.05, 3.63) is 33.8 Å². The fourth-order valence-corrected chi connectivity index (χ4v) is 2.63. The summed E-state index contributed by atoms with van der Waals surface area (Å²) in [5, 5.41) is 10.9. The number of amides is 1. The zero-order valence-electron chi connectivity index (χ0n) is 10.1. The highest BCUT2D eigenvalue weighted by Gasteiger charge is 2.43.